The van der Waals surface area contributed by atoms with Gasteiger partial charge in [0.25, 0.3) is 0 Å². The highest BCUT2D eigenvalue weighted by atomic mass is 16.5. The lowest BCUT2D eigenvalue weighted by Gasteiger charge is -2.13. The fraction of sp³-hybridized carbons (Fsp3) is 0.417. The number of Topliss-reactive ketones (excluding diaryl/α,β-unsaturated/α-hetero) is 1. The summed E-state index contributed by atoms with van der Waals surface area (Å²) in [6.45, 7) is 5.40. The molecule has 1 N–H and O–H groups in total. The summed E-state index contributed by atoms with van der Waals surface area (Å²) in [5, 5.41) is 9.55. The Bertz CT molecular complexity index is 358. The van der Waals surface area contributed by atoms with Gasteiger partial charge in [0, 0.05) is 6.07 Å². The molecule has 0 aliphatic heterocycles. The number of hydrogen-bond donors (Lipinski definition) is 1. The van der Waals surface area contributed by atoms with Gasteiger partial charge in [-0.3, -0.25) is 4.79 Å². The highest BCUT2D eigenvalue weighted by Gasteiger charge is 2.08. The van der Waals surface area contributed by atoms with E-state index >= 15 is 0 Å². The summed E-state index contributed by atoms with van der Waals surface area (Å²) in [5.74, 6) is 0.415. The number of ether oxygens (including phenoxy) is 1. The van der Waals surface area contributed by atoms with Gasteiger partial charge in [-0.1, -0.05) is 6.92 Å². The highest BCUT2D eigenvalue weighted by Crippen LogP contribution is 2.24. The summed E-state index contributed by atoms with van der Waals surface area (Å²) in [6, 6.07) is 4.75. The largest absolute Gasteiger partial charge is 0.507 e. The monoisotopic (exact) mass is 208 g/mol. The Hall–Kier alpha value is -1.51. The van der Waals surface area contributed by atoms with Crippen molar-refractivity contribution in [2.24, 2.45) is 0 Å². The van der Waals surface area contributed by atoms with Crippen molar-refractivity contribution < 1.29 is 14.6 Å². The Morgan fingerprint density at radius 1 is 1.53 bits per heavy atom. The van der Waals surface area contributed by atoms with Gasteiger partial charge in [-0.05, 0) is 32.4 Å². The van der Waals surface area contributed by atoms with E-state index in [4.69, 9.17) is 4.74 Å². The van der Waals surface area contributed by atoms with E-state index in [1.165, 1.54) is 13.0 Å². The molecule has 0 heterocycles. The van der Waals surface area contributed by atoms with Crippen molar-refractivity contribution in [3.63, 3.8) is 0 Å². The minimum Gasteiger partial charge on any atom is -0.507 e. The molecule has 82 valence electrons. The van der Waals surface area contributed by atoms with E-state index in [1.807, 2.05) is 13.8 Å². The normalized spacial score (nSPS) is 12.2. The van der Waals surface area contributed by atoms with E-state index in [2.05, 4.69) is 0 Å². The molecule has 1 unspecified atom stereocenters. The van der Waals surface area contributed by atoms with Gasteiger partial charge in [-0.25, -0.2) is 0 Å². The number of phenols is 1. The number of benzene rings is 1. The average Bonchev–Trinajstić information content (AvgIpc) is 2.17. The van der Waals surface area contributed by atoms with Gasteiger partial charge in [0.1, 0.15) is 11.5 Å². The zero-order chi connectivity index (χ0) is 11.4. The number of ketones is 1. The second-order valence-electron chi connectivity index (χ2n) is 3.57. The second kappa shape index (κ2) is 4.82. The first-order valence-electron chi connectivity index (χ1n) is 5.05. The molecule has 0 saturated carbocycles. The summed E-state index contributed by atoms with van der Waals surface area (Å²) < 4.78 is 5.51. The first-order valence-corrected chi connectivity index (χ1v) is 5.05. The SMILES string of the molecule is CCC(C)Oc1ccc(C(C)=O)c(O)c1. The number of rotatable bonds is 4. The van der Waals surface area contributed by atoms with Gasteiger partial charge in [0.05, 0.1) is 11.7 Å². The molecule has 0 aliphatic carbocycles. The van der Waals surface area contributed by atoms with Crippen LogP contribution in [0.4, 0.5) is 0 Å². The maximum absolute atomic E-state index is 11.1. The summed E-state index contributed by atoms with van der Waals surface area (Å²) in [7, 11) is 0. The van der Waals surface area contributed by atoms with Gasteiger partial charge < -0.3 is 9.84 Å². The molecule has 3 nitrogen and oxygen atoms in total. The third kappa shape index (κ3) is 2.98. The van der Waals surface area contributed by atoms with Crippen LogP contribution in [0, 0.1) is 0 Å². The van der Waals surface area contributed by atoms with E-state index in [0.29, 0.717) is 11.3 Å². The molecule has 0 spiro atoms. The van der Waals surface area contributed by atoms with E-state index < -0.39 is 0 Å². The quantitative estimate of drug-likeness (QED) is 0.774. The number of hydrogen-bond acceptors (Lipinski definition) is 3. The standard InChI is InChI=1S/C12H16O3/c1-4-8(2)15-10-5-6-11(9(3)13)12(14)7-10/h5-8,14H,4H2,1-3H3. The van der Waals surface area contributed by atoms with Crippen LogP contribution in [0.1, 0.15) is 37.6 Å². The molecule has 1 aromatic rings. The highest BCUT2D eigenvalue weighted by molar-refractivity contribution is 5.96. The third-order valence-corrected chi connectivity index (χ3v) is 2.26. The molecule has 0 saturated heterocycles. The number of carbonyl (C=O) groups is 1. The van der Waals surface area contributed by atoms with Crippen LogP contribution in [0.2, 0.25) is 0 Å². The van der Waals surface area contributed by atoms with E-state index in [-0.39, 0.29) is 17.6 Å². The number of aromatic hydroxyl groups is 1. The minimum atomic E-state index is -0.150. The molecule has 0 aliphatic rings. The molecule has 0 fully saturated rings. The molecule has 0 amide bonds. The molecule has 1 atom stereocenters. The zero-order valence-electron chi connectivity index (χ0n) is 9.28. The van der Waals surface area contributed by atoms with Crippen LogP contribution in [-0.2, 0) is 0 Å². The van der Waals surface area contributed by atoms with Gasteiger partial charge in [-0.15, -0.1) is 0 Å². The predicted octanol–water partition coefficient (Wildman–Crippen LogP) is 2.77. The maximum atomic E-state index is 11.1. The summed E-state index contributed by atoms with van der Waals surface area (Å²) in [5.41, 5.74) is 0.325. The lowest BCUT2D eigenvalue weighted by atomic mass is 10.1. The van der Waals surface area contributed by atoms with Crippen LogP contribution in [0.5, 0.6) is 11.5 Å². The lowest BCUT2D eigenvalue weighted by molar-refractivity contribution is 0.101. The van der Waals surface area contributed by atoms with Crippen molar-refractivity contribution in [1.82, 2.24) is 0 Å². The molecule has 0 aromatic heterocycles. The van der Waals surface area contributed by atoms with Crippen LogP contribution < -0.4 is 4.74 Å². The van der Waals surface area contributed by atoms with Gasteiger partial charge >= 0.3 is 0 Å². The van der Waals surface area contributed by atoms with Crippen molar-refractivity contribution >= 4 is 5.78 Å². The first kappa shape index (κ1) is 11.6. The molecule has 0 bridgehead atoms. The molecule has 1 aromatic carbocycles. The Morgan fingerprint density at radius 2 is 2.20 bits per heavy atom. The van der Waals surface area contributed by atoms with Crippen molar-refractivity contribution in [2.75, 3.05) is 0 Å². The smallest absolute Gasteiger partial charge is 0.163 e. The fourth-order valence-corrected chi connectivity index (χ4v) is 1.20. The van der Waals surface area contributed by atoms with Crippen molar-refractivity contribution in [2.45, 2.75) is 33.3 Å². The maximum Gasteiger partial charge on any atom is 0.163 e. The van der Waals surface area contributed by atoms with Crippen LogP contribution in [0.25, 0.3) is 0 Å². The molecule has 3 heteroatoms. The third-order valence-electron chi connectivity index (χ3n) is 2.26. The van der Waals surface area contributed by atoms with Crippen LogP contribution in [0.15, 0.2) is 18.2 Å². The Morgan fingerprint density at radius 3 is 2.67 bits per heavy atom. The summed E-state index contributed by atoms with van der Waals surface area (Å²) in [6.07, 6.45) is 1.00. The lowest BCUT2D eigenvalue weighted by Crippen LogP contribution is -2.09. The van der Waals surface area contributed by atoms with E-state index in [9.17, 15) is 9.90 Å². The molecule has 0 radical (unpaired) electrons. The molecule has 15 heavy (non-hydrogen) atoms. The van der Waals surface area contributed by atoms with E-state index in [1.54, 1.807) is 12.1 Å². The Balaban J connectivity index is 2.87. The zero-order valence-corrected chi connectivity index (χ0v) is 9.28. The summed E-state index contributed by atoms with van der Waals surface area (Å²) >= 11 is 0. The predicted molar refractivity (Wildman–Crippen MR) is 58.5 cm³/mol. The average molecular weight is 208 g/mol. The number of carbonyl (C=O) groups excluding carboxylic acids is 1. The Labute approximate surface area is 89.7 Å². The topological polar surface area (TPSA) is 46.5 Å². The van der Waals surface area contributed by atoms with Crippen molar-refractivity contribution in [3.8, 4) is 11.5 Å². The van der Waals surface area contributed by atoms with E-state index in [0.717, 1.165) is 6.42 Å². The van der Waals surface area contributed by atoms with Gasteiger partial charge in [-0.2, -0.15) is 0 Å². The first-order chi connectivity index (χ1) is 7.04. The molecular weight excluding hydrogens is 192 g/mol. The second-order valence-corrected chi connectivity index (χ2v) is 3.57. The van der Waals surface area contributed by atoms with Crippen LogP contribution >= 0.6 is 0 Å². The molecule has 1 rings (SSSR count). The van der Waals surface area contributed by atoms with Crippen LogP contribution in [0.3, 0.4) is 0 Å². The van der Waals surface area contributed by atoms with Gasteiger partial charge in [0.15, 0.2) is 5.78 Å². The van der Waals surface area contributed by atoms with Gasteiger partial charge in [0.2, 0.25) is 0 Å². The summed E-state index contributed by atoms with van der Waals surface area (Å²) in [4.78, 5) is 11.1. The van der Waals surface area contributed by atoms with Crippen LogP contribution in [-0.4, -0.2) is 17.0 Å². The van der Waals surface area contributed by atoms with Crippen molar-refractivity contribution in [3.05, 3.63) is 23.8 Å². The number of phenolic OH excluding ortho intramolecular Hbond substituents is 1. The molecular formula is C12H16O3. The Kier molecular flexibility index (Phi) is 3.72. The minimum absolute atomic E-state index is 0.0247. The fourth-order valence-electron chi connectivity index (χ4n) is 1.20. The van der Waals surface area contributed by atoms with Crippen molar-refractivity contribution in [1.29, 1.82) is 0 Å².